The SMILES string of the molecule is CC1CCCC(O)(CNc2ccc3cnccc3c2N)C1. The van der Waals surface area contributed by atoms with Crippen LogP contribution in [0.5, 0.6) is 0 Å². The number of aliphatic hydroxyl groups is 1. The van der Waals surface area contributed by atoms with Crippen LogP contribution in [0.15, 0.2) is 30.6 Å². The highest BCUT2D eigenvalue weighted by molar-refractivity contribution is 5.98. The maximum atomic E-state index is 10.7. The molecular weight excluding hydrogens is 262 g/mol. The minimum Gasteiger partial charge on any atom is -0.397 e. The van der Waals surface area contributed by atoms with Crippen molar-refractivity contribution in [3.63, 3.8) is 0 Å². The molecule has 0 bridgehead atoms. The lowest BCUT2D eigenvalue weighted by atomic mass is 9.79. The quantitative estimate of drug-likeness (QED) is 0.757. The molecule has 1 aliphatic carbocycles. The van der Waals surface area contributed by atoms with Crippen LogP contribution in [0.2, 0.25) is 0 Å². The first-order valence-electron chi connectivity index (χ1n) is 7.66. The minimum atomic E-state index is -0.614. The van der Waals surface area contributed by atoms with Crippen LogP contribution in [0.1, 0.15) is 32.6 Å². The van der Waals surface area contributed by atoms with Gasteiger partial charge in [-0.3, -0.25) is 4.98 Å². The van der Waals surface area contributed by atoms with Gasteiger partial charge in [0.2, 0.25) is 0 Å². The van der Waals surface area contributed by atoms with Crippen LogP contribution in [0, 0.1) is 5.92 Å². The predicted octanol–water partition coefficient (Wildman–Crippen LogP) is 3.17. The number of fused-ring (bicyclic) bond motifs is 1. The molecule has 4 N–H and O–H groups in total. The largest absolute Gasteiger partial charge is 0.397 e. The van der Waals surface area contributed by atoms with E-state index in [9.17, 15) is 5.11 Å². The van der Waals surface area contributed by atoms with Crippen molar-refractivity contribution in [2.24, 2.45) is 5.92 Å². The molecule has 2 atom stereocenters. The number of nitrogens with zero attached hydrogens (tertiary/aromatic N) is 1. The topological polar surface area (TPSA) is 71.2 Å². The van der Waals surface area contributed by atoms with Gasteiger partial charge in [-0.05, 0) is 30.9 Å². The van der Waals surface area contributed by atoms with Gasteiger partial charge in [0.1, 0.15) is 0 Å². The number of hydrogen-bond acceptors (Lipinski definition) is 4. The fourth-order valence-corrected chi connectivity index (χ4v) is 3.40. The summed E-state index contributed by atoms with van der Waals surface area (Å²) < 4.78 is 0. The van der Waals surface area contributed by atoms with Gasteiger partial charge >= 0.3 is 0 Å². The third-order valence-corrected chi connectivity index (χ3v) is 4.54. The monoisotopic (exact) mass is 285 g/mol. The van der Waals surface area contributed by atoms with Gasteiger partial charge in [0, 0.05) is 29.7 Å². The molecule has 4 nitrogen and oxygen atoms in total. The van der Waals surface area contributed by atoms with Gasteiger partial charge in [-0.1, -0.05) is 25.8 Å². The Balaban J connectivity index is 1.77. The number of nitrogens with one attached hydrogen (secondary N) is 1. The summed E-state index contributed by atoms with van der Waals surface area (Å²) in [5, 5.41) is 16.1. The van der Waals surface area contributed by atoms with Crippen molar-refractivity contribution >= 4 is 22.1 Å². The zero-order valence-corrected chi connectivity index (χ0v) is 12.5. The molecule has 1 aromatic heterocycles. The number of benzene rings is 1. The molecule has 1 saturated carbocycles. The second-order valence-electron chi connectivity index (χ2n) is 6.40. The normalized spacial score (nSPS) is 25.9. The summed E-state index contributed by atoms with van der Waals surface area (Å²) in [4.78, 5) is 4.11. The number of nitrogen functional groups attached to an aromatic ring is 1. The molecule has 0 spiro atoms. The Bertz CT molecular complexity index is 643. The molecular formula is C17H23N3O. The molecule has 0 aliphatic heterocycles. The van der Waals surface area contributed by atoms with E-state index in [-0.39, 0.29) is 0 Å². The van der Waals surface area contributed by atoms with Gasteiger partial charge in [0.05, 0.1) is 17.0 Å². The third kappa shape index (κ3) is 2.95. The summed E-state index contributed by atoms with van der Waals surface area (Å²) in [6, 6.07) is 5.90. The summed E-state index contributed by atoms with van der Waals surface area (Å²) in [5.74, 6) is 0.588. The van der Waals surface area contributed by atoms with Crippen molar-refractivity contribution in [3.05, 3.63) is 30.6 Å². The van der Waals surface area contributed by atoms with Gasteiger partial charge in [-0.25, -0.2) is 0 Å². The maximum Gasteiger partial charge on any atom is 0.0821 e. The Morgan fingerprint density at radius 1 is 1.43 bits per heavy atom. The van der Waals surface area contributed by atoms with Crippen molar-refractivity contribution in [1.29, 1.82) is 0 Å². The van der Waals surface area contributed by atoms with Crippen LogP contribution >= 0.6 is 0 Å². The Hall–Kier alpha value is -1.81. The highest BCUT2D eigenvalue weighted by Crippen LogP contribution is 2.34. The van der Waals surface area contributed by atoms with Crippen LogP contribution in [-0.2, 0) is 0 Å². The summed E-state index contributed by atoms with van der Waals surface area (Å²) in [7, 11) is 0. The zero-order chi connectivity index (χ0) is 14.9. The number of nitrogens with two attached hydrogens (primary N) is 1. The van der Waals surface area contributed by atoms with Gasteiger partial charge < -0.3 is 16.2 Å². The molecule has 2 unspecified atom stereocenters. The highest BCUT2D eigenvalue weighted by atomic mass is 16.3. The number of pyridine rings is 1. The first kappa shape index (κ1) is 14.1. The Morgan fingerprint density at radius 3 is 3.10 bits per heavy atom. The van der Waals surface area contributed by atoms with Gasteiger partial charge in [-0.2, -0.15) is 0 Å². The number of anilines is 2. The van der Waals surface area contributed by atoms with Crippen molar-refractivity contribution < 1.29 is 5.11 Å². The molecule has 4 heteroatoms. The Labute approximate surface area is 125 Å². The van der Waals surface area contributed by atoms with Gasteiger partial charge in [0.25, 0.3) is 0 Å². The van der Waals surface area contributed by atoms with E-state index in [2.05, 4.69) is 17.2 Å². The fourth-order valence-electron chi connectivity index (χ4n) is 3.40. The van der Waals surface area contributed by atoms with Crippen molar-refractivity contribution in [2.75, 3.05) is 17.6 Å². The van der Waals surface area contributed by atoms with Crippen LogP contribution in [0.25, 0.3) is 10.8 Å². The van der Waals surface area contributed by atoms with Crippen LogP contribution in [-0.4, -0.2) is 22.2 Å². The second-order valence-corrected chi connectivity index (χ2v) is 6.40. The van der Waals surface area contributed by atoms with E-state index in [0.717, 1.165) is 41.4 Å². The first-order chi connectivity index (χ1) is 10.1. The van der Waals surface area contributed by atoms with Crippen molar-refractivity contribution in [1.82, 2.24) is 4.98 Å². The number of rotatable bonds is 3. The molecule has 2 aromatic rings. The Morgan fingerprint density at radius 2 is 2.29 bits per heavy atom. The van der Waals surface area contributed by atoms with Gasteiger partial charge in [-0.15, -0.1) is 0 Å². The average Bonchev–Trinajstić information content (AvgIpc) is 2.47. The summed E-state index contributed by atoms with van der Waals surface area (Å²) >= 11 is 0. The molecule has 1 aromatic carbocycles. The lowest BCUT2D eigenvalue weighted by Crippen LogP contribution is -2.41. The lowest BCUT2D eigenvalue weighted by Gasteiger charge is -2.36. The van der Waals surface area contributed by atoms with Crippen LogP contribution in [0.3, 0.4) is 0 Å². The predicted molar refractivity (Wildman–Crippen MR) is 87.2 cm³/mol. The van der Waals surface area contributed by atoms with E-state index >= 15 is 0 Å². The van der Waals surface area contributed by atoms with E-state index in [1.807, 2.05) is 24.4 Å². The van der Waals surface area contributed by atoms with E-state index < -0.39 is 5.60 Å². The summed E-state index contributed by atoms with van der Waals surface area (Å²) in [6.07, 6.45) is 7.59. The molecule has 1 fully saturated rings. The summed E-state index contributed by atoms with van der Waals surface area (Å²) in [6.45, 7) is 2.76. The average molecular weight is 285 g/mol. The maximum absolute atomic E-state index is 10.7. The lowest BCUT2D eigenvalue weighted by molar-refractivity contribution is -0.000746. The fraction of sp³-hybridized carbons (Fsp3) is 0.471. The highest BCUT2D eigenvalue weighted by Gasteiger charge is 2.32. The molecule has 112 valence electrons. The molecule has 1 aliphatic rings. The zero-order valence-electron chi connectivity index (χ0n) is 12.5. The third-order valence-electron chi connectivity index (χ3n) is 4.54. The van der Waals surface area contributed by atoms with Crippen LogP contribution < -0.4 is 11.1 Å². The number of aromatic nitrogens is 1. The standard InChI is InChI=1S/C17H23N3O/c1-12-3-2-7-17(21,9-12)11-20-15-5-4-13-10-19-8-6-14(13)16(15)18/h4-6,8,10,12,20-21H,2-3,7,9,11,18H2,1H3. The van der Waals surface area contributed by atoms with E-state index in [1.165, 1.54) is 6.42 Å². The number of hydrogen-bond donors (Lipinski definition) is 3. The first-order valence-corrected chi connectivity index (χ1v) is 7.66. The molecule has 0 radical (unpaired) electrons. The van der Waals surface area contributed by atoms with E-state index in [4.69, 9.17) is 5.73 Å². The summed E-state index contributed by atoms with van der Waals surface area (Å²) in [5.41, 5.74) is 7.23. The molecule has 1 heterocycles. The van der Waals surface area contributed by atoms with Crippen molar-refractivity contribution in [3.8, 4) is 0 Å². The van der Waals surface area contributed by atoms with Crippen molar-refractivity contribution in [2.45, 2.75) is 38.2 Å². The van der Waals surface area contributed by atoms with E-state index in [0.29, 0.717) is 12.5 Å². The second kappa shape index (κ2) is 5.53. The van der Waals surface area contributed by atoms with Gasteiger partial charge in [0.15, 0.2) is 0 Å². The Kier molecular flexibility index (Phi) is 3.72. The van der Waals surface area contributed by atoms with E-state index in [1.54, 1.807) is 6.20 Å². The smallest absolute Gasteiger partial charge is 0.0821 e. The molecule has 0 amide bonds. The molecule has 3 rings (SSSR count). The molecule has 0 saturated heterocycles. The van der Waals surface area contributed by atoms with Crippen LogP contribution in [0.4, 0.5) is 11.4 Å². The molecule has 21 heavy (non-hydrogen) atoms. The minimum absolute atomic E-state index is 0.554.